The van der Waals surface area contributed by atoms with Crippen molar-refractivity contribution in [2.24, 2.45) is 0 Å². The largest absolute Gasteiger partial charge is 0.384 e. The van der Waals surface area contributed by atoms with E-state index in [-0.39, 0.29) is 0 Å². The molecule has 0 saturated heterocycles. The highest BCUT2D eigenvalue weighted by Crippen LogP contribution is 2.24. The molecule has 0 aliphatic heterocycles. The number of carbonyl (C=O) groups excluding carboxylic acids is 1. The summed E-state index contributed by atoms with van der Waals surface area (Å²) in [6.45, 7) is 0.672. The Balaban J connectivity index is 2.70. The molecule has 1 aromatic carbocycles. The molecule has 0 spiro atoms. The van der Waals surface area contributed by atoms with Crippen molar-refractivity contribution in [1.82, 2.24) is 0 Å². The Morgan fingerprint density at radius 1 is 1.57 bits per heavy atom. The van der Waals surface area contributed by atoms with Crippen molar-refractivity contribution in [1.29, 1.82) is 0 Å². The number of thioether (sulfide) groups is 1. The van der Waals surface area contributed by atoms with Gasteiger partial charge >= 0.3 is 0 Å². The van der Waals surface area contributed by atoms with Crippen molar-refractivity contribution < 1.29 is 9.53 Å². The summed E-state index contributed by atoms with van der Waals surface area (Å²) in [6.07, 6.45) is 0.820. The van der Waals surface area contributed by atoms with Gasteiger partial charge in [0.05, 0.1) is 6.61 Å². The molecule has 0 atom stereocenters. The number of methoxy groups -OCH3 is 1. The Labute approximate surface area is 92.6 Å². The zero-order valence-electron chi connectivity index (χ0n) is 7.83. The third-order valence-electron chi connectivity index (χ3n) is 1.64. The molecule has 0 saturated carbocycles. The smallest absolute Gasteiger partial charge is 0.151 e. The van der Waals surface area contributed by atoms with Gasteiger partial charge in [0.1, 0.15) is 0 Å². The molecule has 1 aromatic rings. The number of aldehydes is 1. The second-order valence-electron chi connectivity index (χ2n) is 2.64. The van der Waals surface area contributed by atoms with Crippen LogP contribution >= 0.6 is 23.4 Å². The Hall–Kier alpha value is -0.510. The molecular weight excluding hydrogens is 220 g/mol. The normalized spacial score (nSPS) is 10.1. The van der Waals surface area contributed by atoms with Gasteiger partial charge in [-0.3, -0.25) is 4.79 Å². The Bertz CT molecular complexity index is 315. The first-order valence-corrected chi connectivity index (χ1v) is 5.50. The van der Waals surface area contributed by atoms with Gasteiger partial charge in [-0.15, -0.1) is 11.8 Å². The minimum absolute atomic E-state index is 0.586. The molecule has 0 N–H and O–H groups in total. The van der Waals surface area contributed by atoms with Gasteiger partial charge in [-0.2, -0.15) is 0 Å². The summed E-state index contributed by atoms with van der Waals surface area (Å²) in [5.41, 5.74) is 0.638. The first-order valence-electron chi connectivity index (χ1n) is 4.14. The number of hydrogen-bond donors (Lipinski definition) is 0. The Morgan fingerprint density at radius 3 is 3.00 bits per heavy atom. The molecule has 4 heteroatoms. The van der Waals surface area contributed by atoms with E-state index in [4.69, 9.17) is 16.3 Å². The van der Waals surface area contributed by atoms with Crippen molar-refractivity contribution in [2.45, 2.75) is 4.90 Å². The molecule has 2 nitrogen and oxygen atoms in total. The van der Waals surface area contributed by atoms with Gasteiger partial charge in [0.25, 0.3) is 0 Å². The van der Waals surface area contributed by atoms with Crippen LogP contribution in [0.25, 0.3) is 0 Å². The predicted molar refractivity (Wildman–Crippen MR) is 59.4 cm³/mol. The van der Waals surface area contributed by atoms with Gasteiger partial charge in [-0.25, -0.2) is 0 Å². The average molecular weight is 231 g/mol. The van der Waals surface area contributed by atoms with Gasteiger partial charge in [0.2, 0.25) is 0 Å². The number of hydrogen-bond acceptors (Lipinski definition) is 3. The van der Waals surface area contributed by atoms with E-state index in [1.807, 2.05) is 6.07 Å². The van der Waals surface area contributed by atoms with Crippen LogP contribution in [0.15, 0.2) is 23.1 Å². The number of rotatable bonds is 5. The SMILES string of the molecule is COCCSc1ccc(Cl)cc1C=O. The molecule has 0 radical (unpaired) electrons. The highest BCUT2D eigenvalue weighted by atomic mass is 35.5. The van der Waals surface area contributed by atoms with E-state index in [0.29, 0.717) is 17.2 Å². The fourth-order valence-corrected chi connectivity index (χ4v) is 2.07. The van der Waals surface area contributed by atoms with Crippen molar-refractivity contribution in [2.75, 3.05) is 19.5 Å². The fraction of sp³-hybridized carbons (Fsp3) is 0.300. The monoisotopic (exact) mass is 230 g/mol. The molecule has 0 amide bonds. The molecule has 0 aliphatic carbocycles. The maximum Gasteiger partial charge on any atom is 0.151 e. The molecule has 0 heterocycles. The van der Waals surface area contributed by atoms with E-state index in [9.17, 15) is 4.79 Å². The molecule has 14 heavy (non-hydrogen) atoms. The summed E-state index contributed by atoms with van der Waals surface area (Å²) in [5, 5.41) is 0.586. The van der Waals surface area contributed by atoms with Gasteiger partial charge in [0, 0.05) is 28.3 Å². The number of ether oxygens (including phenoxy) is 1. The average Bonchev–Trinajstić information content (AvgIpc) is 2.20. The standard InChI is InChI=1S/C10H11ClO2S/c1-13-4-5-14-10-3-2-9(11)6-8(10)7-12/h2-3,6-7H,4-5H2,1H3. The zero-order valence-corrected chi connectivity index (χ0v) is 9.40. The van der Waals surface area contributed by atoms with Gasteiger partial charge in [0.15, 0.2) is 6.29 Å². The molecule has 0 unspecified atom stereocenters. The van der Waals surface area contributed by atoms with Gasteiger partial charge in [-0.05, 0) is 18.2 Å². The molecule has 0 aromatic heterocycles. The predicted octanol–water partition coefficient (Wildman–Crippen LogP) is 2.89. The fourth-order valence-electron chi connectivity index (χ4n) is 0.978. The summed E-state index contributed by atoms with van der Waals surface area (Å²) < 4.78 is 4.93. The summed E-state index contributed by atoms with van der Waals surface area (Å²) >= 11 is 7.35. The highest BCUT2D eigenvalue weighted by molar-refractivity contribution is 7.99. The molecule has 76 valence electrons. The quantitative estimate of drug-likeness (QED) is 0.442. The van der Waals surface area contributed by atoms with Crippen LogP contribution in [0.4, 0.5) is 0 Å². The van der Waals surface area contributed by atoms with Crippen molar-refractivity contribution >= 4 is 29.6 Å². The first kappa shape index (κ1) is 11.6. The number of benzene rings is 1. The van der Waals surface area contributed by atoms with Gasteiger partial charge in [-0.1, -0.05) is 11.6 Å². The van der Waals surface area contributed by atoms with Crippen LogP contribution in [0.2, 0.25) is 5.02 Å². The van der Waals surface area contributed by atoms with Crippen LogP contribution in [0.1, 0.15) is 10.4 Å². The summed E-state index contributed by atoms with van der Waals surface area (Å²) in [5.74, 6) is 0.832. The highest BCUT2D eigenvalue weighted by Gasteiger charge is 2.02. The van der Waals surface area contributed by atoms with E-state index in [1.165, 1.54) is 0 Å². The van der Waals surface area contributed by atoms with Crippen LogP contribution in [0, 0.1) is 0 Å². The maximum absolute atomic E-state index is 10.7. The maximum atomic E-state index is 10.7. The third-order valence-corrected chi connectivity index (χ3v) is 2.93. The lowest BCUT2D eigenvalue weighted by Gasteiger charge is -2.04. The molecule has 1 rings (SSSR count). The lowest BCUT2D eigenvalue weighted by atomic mass is 10.2. The summed E-state index contributed by atoms with van der Waals surface area (Å²) in [6, 6.07) is 5.31. The Morgan fingerprint density at radius 2 is 2.36 bits per heavy atom. The lowest BCUT2D eigenvalue weighted by molar-refractivity contribution is 0.112. The number of halogens is 1. The second kappa shape index (κ2) is 6.06. The molecular formula is C10H11ClO2S. The summed E-state index contributed by atoms with van der Waals surface area (Å²) in [4.78, 5) is 11.7. The van der Waals surface area contributed by atoms with Crippen molar-refractivity contribution in [3.8, 4) is 0 Å². The second-order valence-corrected chi connectivity index (χ2v) is 4.21. The van der Waals surface area contributed by atoms with Gasteiger partial charge < -0.3 is 4.74 Å². The van der Waals surface area contributed by atoms with E-state index < -0.39 is 0 Å². The van der Waals surface area contributed by atoms with Crippen LogP contribution in [0.3, 0.4) is 0 Å². The van der Waals surface area contributed by atoms with Crippen LogP contribution in [-0.4, -0.2) is 25.8 Å². The minimum Gasteiger partial charge on any atom is -0.384 e. The van der Waals surface area contributed by atoms with E-state index in [2.05, 4.69) is 0 Å². The topological polar surface area (TPSA) is 26.3 Å². The molecule has 0 fully saturated rings. The van der Waals surface area contributed by atoms with Crippen LogP contribution in [-0.2, 0) is 4.74 Å². The number of carbonyl (C=O) groups is 1. The Kier molecular flexibility index (Phi) is 5.01. The first-order chi connectivity index (χ1) is 6.77. The van der Waals surface area contributed by atoms with Crippen LogP contribution < -0.4 is 0 Å². The van der Waals surface area contributed by atoms with E-state index in [0.717, 1.165) is 16.9 Å². The minimum atomic E-state index is 0.586. The third kappa shape index (κ3) is 3.33. The zero-order chi connectivity index (χ0) is 10.4. The molecule has 0 bridgehead atoms. The van der Waals surface area contributed by atoms with Crippen molar-refractivity contribution in [3.63, 3.8) is 0 Å². The van der Waals surface area contributed by atoms with Crippen molar-refractivity contribution in [3.05, 3.63) is 28.8 Å². The van der Waals surface area contributed by atoms with E-state index in [1.54, 1.807) is 31.0 Å². The summed E-state index contributed by atoms with van der Waals surface area (Å²) in [7, 11) is 1.66. The lowest BCUT2D eigenvalue weighted by Crippen LogP contribution is -1.93. The molecule has 0 aliphatic rings. The van der Waals surface area contributed by atoms with E-state index >= 15 is 0 Å². The van der Waals surface area contributed by atoms with Crippen LogP contribution in [0.5, 0.6) is 0 Å².